The summed E-state index contributed by atoms with van der Waals surface area (Å²) in [6, 6.07) is 10.8. The van der Waals surface area contributed by atoms with Crippen molar-refractivity contribution in [3.05, 3.63) is 64.1 Å². The predicted octanol–water partition coefficient (Wildman–Crippen LogP) is 3.55. The SMILES string of the molecule is CNS(=O)(=O)c1ccc(NC(=O)/C=C/c2ccc(Cl)c(Cl)c2)cc1. The summed E-state index contributed by atoms with van der Waals surface area (Å²) in [4.78, 5) is 12.0. The van der Waals surface area contributed by atoms with Crippen LogP contribution >= 0.6 is 23.2 Å². The molecule has 2 rings (SSSR count). The first-order chi connectivity index (χ1) is 11.3. The van der Waals surface area contributed by atoms with Crippen LogP contribution in [0, 0.1) is 0 Å². The average Bonchev–Trinajstić information content (AvgIpc) is 2.56. The Hall–Kier alpha value is -1.86. The van der Waals surface area contributed by atoms with E-state index in [1.54, 1.807) is 24.3 Å². The van der Waals surface area contributed by atoms with Gasteiger partial charge in [-0.25, -0.2) is 13.1 Å². The summed E-state index contributed by atoms with van der Waals surface area (Å²) in [7, 11) is -2.17. The lowest BCUT2D eigenvalue weighted by Gasteiger charge is -2.05. The number of anilines is 1. The van der Waals surface area contributed by atoms with Crippen molar-refractivity contribution >= 4 is 50.9 Å². The van der Waals surface area contributed by atoms with Crippen LogP contribution in [0.15, 0.2) is 53.4 Å². The molecule has 0 radical (unpaired) electrons. The van der Waals surface area contributed by atoms with Gasteiger partial charge in [-0.1, -0.05) is 29.3 Å². The molecule has 0 unspecified atom stereocenters. The van der Waals surface area contributed by atoms with Gasteiger partial charge in [-0.15, -0.1) is 0 Å². The third kappa shape index (κ3) is 4.82. The molecule has 0 aromatic heterocycles. The number of carbonyl (C=O) groups is 1. The van der Waals surface area contributed by atoms with Crippen LogP contribution < -0.4 is 10.0 Å². The monoisotopic (exact) mass is 384 g/mol. The summed E-state index contributed by atoms with van der Waals surface area (Å²) in [5.74, 6) is -0.356. The van der Waals surface area contributed by atoms with Crippen LogP contribution in [0.5, 0.6) is 0 Å². The van der Waals surface area contributed by atoms with Crippen LogP contribution in [0.1, 0.15) is 5.56 Å². The number of hydrogen-bond acceptors (Lipinski definition) is 3. The van der Waals surface area contributed by atoms with Crippen LogP contribution in [0.3, 0.4) is 0 Å². The maximum atomic E-state index is 11.9. The van der Waals surface area contributed by atoms with Gasteiger partial charge in [-0.05, 0) is 55.1 Å². The van der Waals surface area contributed by atoms with Crippen molar-refractivity contribution < 1.29 is 13.2 Å². The van der Waals surface area contributed by atoms with E-state index in [-0.39, 0.29) is 10.8 Å². The minimum absolute atomic E-state index is 0.120. The molecule has 2 N–H and O–H groups in total. The van der Waals surface area contributed by atoms with E-state index in [1.165, 1.54) is 37.4 Å². The number of halogens is 2. The maximum absolute atomic E-state index is 11.9. The van der Waals surface area contributed by atoms with Gasteiger partial charge >= 0.3 is 0 Å². The molecule has 0 spiro atoms. The average molecular weight is 385 g/mol. The van der Waals surface area contributed by atoms with Crippen LogP contribution in [0.2, 0.25) is 10.0 Å². The van der Waals surface area contributed by atoms with Crippen LogP contribution in [-0.2, 0) is 14.8 Å². The van der Waals surface area contributed by atoms with Crippen molar-refractivity contribution in [3.8, 4) is 0 Å². The summed E-state index contributed by atoms with van der Waals surface area (Å²) in [6.45, 7) is 0. The first-order valence-electron chi connectivity index (χ1n) is 6.79. The highest BCUT2D eigenvalue weighted by molar-refractivity contribution is 7.89. The molecule has 0 aliphatic heterocycles. The van der Waals surface area contributed by atoms with E-state index < -0.39 is 10.0 Å². The molecule has 0 saturated heterocycles. The van der Waals surface area contributed by atoms with E-state index in [0.717, 1.165) is 5.56 Å². The van der Waals surface area contributed by atoms with Gasteiger partial charge in [0.1, 0.15) is 0 Å². The van der Waals surface area contributed by atoms with Gasteiger partial charge in [0.15, 0.2) is 0 Å². The summed E-state index contributed by atoms with van der Waals surface area (Å²) >= 11 is 11.7. The van der Waals surface area contributed by atoms with Gasteiger partial charge in [0.2, 0.25) is 15.9 Å². The van der Waals surface area contributed by atoms with E-state index in [4.69, 9.17) is 23.2 Å². The van der Waals surface area contributed by atoms with Crippen molar-refractivity contribution in [3.63, 3.8) is 0 Å². The Morgan fingerprint density at radius 1 is 1.04 bits per heavy atom. The Kier molecular flexibility index (Phi) is 6.01. The molecular formula is C16H14Cl2N2O3S. The number of rotatable bonds is 5. The summed E-state index contributed by atoms with van der Waals surface area (Å²) in [5, 5.41) is 3.48. The quantitative estimate of drug-likeness (QED) is 0.773. The lowest BCUT2D eigenvalue weighted by Crippen LogP contribution is -2.18. The molecule has 0 aliphatic rings. The number of amides is 1. The van der Waals surface area contributed by atoms with Gasteiger partial charge in [-0.3, -0.25) is 4.79 Å². The molecule has 8 heteroatoms. The van der Waals surface area contributed by atoms with E-state index in [0.29, 0.717) is 15.7 Å². The third-order valence-electron chi connectivity index (χ3n) is 3.07. The molecular weight excluding hydrogens is 371 g/mol. The lowest BCUT2D eigenvalue weighted by molar-refractivity contribution is -0.111. The van der Waals surface area contributed by atoms with E-state index in [1.807, 2.05) is 0 Å². The highest BCUT2D eigenvalue weighted by Crippen LogP contribution is 2.23. The summed E-state index contributed by atoms with van der Waals surface area (Å²) in [5.41, 5.74) is 1.21. The molecule has 2 aromatic rings. The van der Waals surface area contributed by atoms with Crippen molar-refractivity contribution in [2.45, 2.75) is 4.90 Å². The maximum Gasteiger partial charge on any atom is 0.248 e. The molecule has 0 aliphatic carbocycles. The van der Waals surface area contributed by atoms with Crippen LogP contribution in [0.25, 0.3) is 6.08 Å². The fourth-order valence-electron chi connectivity index (χ4n) is 1.81. The molecule has 0 heterocycles. The highest BCUT2D eigenvalue weighted by atomic mass is 35.5. The first-order valence-corrected chi connectivity index (χ1v) is 9.03. The fourth-order valence-corrected chi connectivity index (χ4v) is 2.84. The van der Waals surface area contributed by atoms with Gasteiger partial charge in [-0.2, -0.15) is 0 Å². The molecule has 0 bridgehead atoms. The molecule has 24 heavy (non-hydrogen) atoms. The van der Waals surface area contributed by atoms with Gasteiger partial charge < -0.3 is 5.32 Å². The molecule has 0 saturated carbocycles. The summed E-state index contributed by atoms with van der Waals surface area (Å²) in [6.07, 6.45) is 2.94. The number of hydrogen-bond donors (Lipinski definition) is 2. The van der Waals surface area contributed by atoms with Crippen LogP contribution in [0.4, 0.5) is 5.69 Å². The molecule has 0 fully saturated rings. The second kappa shape index (κ2) is 7.81. The zero-order valence-corrected chi connectivity index (χ0v) is 14.9. The van der Waals surface area contributed by atoms with Crippen molar-refractivity contribution in [2.24, 2.45) is 0 Å². The Balaban J connectivity index is 2.04. The number of sulfonamides is 1. The number of nitrogens with one attached hydrogen (secondary N) is 2. The summed E-state index contributed by atoms with van der Waals surface area (Å²) < 4.78 is 25.4. The minimum Gasteiger partial charge on any atom is -0.323 e. The number of carbonyl (C=O) groups excluding carboxylic acids is 1. The van der Waals surface area contributed by atoms with Crippen molar-refractivity contribution in [1.29, 1.82) is 0 Å². The second-order valence-corrected chi connectivity index (χ2v) is 7.43. The fraction of sp³-hybridized carbons (Fsp3) is 0.0625. The minimum atomic E-state index is -3.50. The smallest absolute Gasteiger partial charge is 0.248 e. The molecule has 5 nitrogen and oxygen atoms in total. The van der Waals surface area contributed by atoms with E-state index >= 15 is 0 Å². The topological polar surface area (TPSA) is 75.3 Å². The lowest BCUT2D eigenvalue weighted by atomic mass is 10.2. The predicted molar refractivity (Wildman–Crippen MR) is 96.8 cm³/mol. The molecule has 2 aromatic carbocycles. The number of benzene rings is 2. The third-order valence-corrected chi connectivity index (χ3v) is 5.24. The normalized spacial score (nSPS) is 11.6. The molecule has 0 atom stereocenters. The largest absolute Gasteiger partial charge is 0.323 e. The highest BCUT2D eigenvalue weighted by Gasteiger charge is 2.10. The van der Waals surface area contributed by atoms with Crippen molar-refractivity contribution in [2.75, 3.05) is 12.4 Å². The van der Waals surface area contributed by atoms with Gasteiger partial charge in [0.25, 0.3) is 0 Å². The Labute approximate surface area is 150 Å². The molecule has 126 valence electrons. The Morgan fingerprint density at radius 3 is 2.29 bits per heavy atom. The zero-order valence-electron chi connectivity index (χ0n) is 12.6. The first kappa shape index (κ1) is 18.5. The van der Waals surface area contributed by atoms with Crippen LogP contribution in [-0.4, -0.2) is 21.4 Å². The molecule has 1 amide bonds. The Morgan fingerprint density at radius 2 is 1.71 bits per heavy atom. The standard InChI is InChI=1S/C16H14Cl2N2O3S/c1-19-24(22,23)13-6-4-12(5-7-13)20-16(21)9-3-11-2-8-14(17)15(18)10-11/h2-10,19H,1H3,(H,20,21)/b9-3+. The van der Waals surface area contributed by atoms with E-state index in [2.05, 4.69) is 10.0 Å². The second-order valence-electron chi connectivity index (χ2n) is 4.73. The van der Waals surface area contributed by atoms with E-state index in [9.17, 15) is 13.2 Å². The van der Waals surface area contributed by atoms with Crippen molar-refractivity contribution in [1.82, 2.24) is 4.72 Å². The zero-order chi connectivity index (χ0) is 17.7. The Bertz CT molecular complexity index is 879. The van der Waals surface area contributed by atoms with Gasteiger partial charge in [0, 0.05) is 11.8 Å². The van der Waals surface area contributed by atoms with Gasteiger partial charge in [0.05, 0.1) is 14.9 Å².